The van der Waals surface area contributed by atoms with Gasteiger partial charge in [0.15, 0.2) is 12.1 Å². The summed E-state index contributed by atoms with van der Waals surface area (Å²) in [6.07, 6.45) is -9.37. The molecule has 0 aliphatic carbocycles. The molecule has 0 radical (unpaired) electrons. The highest BCUT2D eigenvalue weighted by Gasteiger charge is 2.41. The minimum atomic E-state index is -5.00. The summed E-state index contributed by atoms with van der Waals surface area (Å²) < 4.78 is 98.9. The number of hydrogen-bond donors (Lipinski definition) is 2. The Morgan fingerprint density at radius 1 is 1.00 bits per heavy atom. The molecule has 3 atom stereocenters. The maximum absolute atomic E-state index is 13.6. The Balaban J connectivity index is 1.61. The van der Waals surface area contributed by atoms with Crippen LogP contribution in [0.2, 0.25) is 0 Å². The van der Waals surface area contributed by atoms with E-state index in [1.807, 2.05) is 4.90 Å². The van der Waals surface area contributed by atoms with Crippen molar-refractivity contribution in [3.8, 4) is 5.75 Å². The maximum atomic E-state index is 13.6. The summed E-state index contributed by atoms with van der Waals surface area (Å²) in [5.74, 6) is 0.0993. The van der Waals surface area contributed by atoms with Crippen LogP contribution >= 0.6 is 0 Å². The molecule has 0 saturated carbocycles. The number of fused-ring (bicyclic) bond motifs is 1. The van der Waals surface area contributed by atoms with Crippen LogP contribution in [0.4, 0.5) is 26.3 Å². The average Bonchev–Trinajstić information content (AvgIpc) is 2.97. The first-order valence-corrected chi connectivity index (χ1v) is 13.3. The lowest BCUT2D eigenvalue weighted by Crippen LogP contribution is -2.54. The summed E-state index contributed by atoms with van der Waals surface area (Å²) in [4.78, 5) is 6.45. The molecule has 2 aromatic carbocycles. The molecule has 228 valence electrons. The summed E-state index contributed by atoms with van der Waals surface area (Å²) in [6.45, 7) is 2.42. The van der Waals surface area contributed by atoms with E-state index < -0.39 is 41.7 Å². The molecule has 8 nitrogen and oxygen atoms in total. The van der Waals surface area contributed by atoms with Crippen LogP contribution in [0.15, 0.2) is 53.5 Å². The lowest BCUT2D eigenvalue weighted by molar-refractivity contribution is -0.143. The highest BCUT2D eigenvalue weighted by Crippen LogP contribution is 2.38. The van der Waals surface area contributed by atoms with E-state index in [0.29, 0.717) is 49.7 Å². The molecule has 3 aliphatic rings. The van der Waals surface area contributed by atoms with Crippen molar-refractivity contribution in [3.05, 3.63) is 70.8 Å². The van der Waals surface area contributed by atoms with Crippen LogP contribution in [-0.2, 0) is 28.2 Å². The van der Waals surface area contributed by atoms with Crippen LogP contribution in [-0.4, -0.2) is 80.0 Å². The van der Waals surface area contributed by atoms with E-state index in [1.165, 1.54) is 7.11 Å². The SMILES string of the molecule is COc1ccc(C2=CC(N3CCOCC3)OC3=NCNCC3C(Cc3cc(C(F)(F)F)cc(C(F)(F)F)c3)N2O)cc1. The Bertz CT molecular complexity index is 1280. The fourth-order valence-corrected chi connectivity index (χ4v) is 5.31. The van der Waals surface area contributed by atoms with Gasteiger partial charge in [0.25, 0.3) is 0 Å². The minimum Gasteiger partial charge on any atom is -0.497 e. The Morgan fingerprint density at radius 2 is 1.64 bits per heavy atom. The standard InChI is InChI=1S/C28H30F6N4O4/c1-40-21-4-2-18(3-5-21)23-14-25(37-6-8-41-9-7-37)42-26-22(15-35-16-36-26)24(38(23)39)12-17-10-19(27(29,30)31)13-20(11-17)28(32,33)34/h2-5,10-11,13-14,22,24-25,35,39H,6-9,12,15-16H2,1H3. The summed E-state index contributed by atoms with van der Waals surface area (Å²) in [5, 5.41) is 15.8. The van der Waals surface area contributed by atoms with Crippen molar-refractivity contribution in [1.29, 1.82) is 0 Å². The van der Waals surface area contributed by atoms with E-state index in [0.717, 1.165) is 5.06 Å². The molecule has 0 aromatic heterocycles. The lowest BCUT2D eigenvalue weighted by atomic mass is 9.89. The van der Waals surface area contributed by atoms with Gasteiger partial charge in [-0.05, 0) is 60.5 Å². The summed E-state index contributed by atoms with van der Waals surface area (Å²) in [5.41, 5.74) is -2.28. The maximum Gasteiger partial charge on any atom is 0.416 e. The van der Waals surface area contributed by atoms with Gasteiger partial charge in [0.05, 0.1) is 55.8 Å². The Morgan fingerprint density at radius 3 is 2.24 bits per heavy atom. The molecule has 3 aliphatic heterocycles. The number of hydroxylamine groups is 2. The first-order chi connectivity index (χ1) is 19.9. The molecule has 2 aromatic rings. The predicted molar refractivity (Wildman–Crippen MR) is 140 cm³/mol. The topological polar surface area (TPSA) is 78.8 Å². The third kappa shape index (κ3) is 6.66. The number of ether oxygens (including phenoxy) is 3. The zero-order valence-corrected chi connectivity index (χ0v) is 22.6. The summed E-state index contributed by atoms with van der Waals surface area (Å²) >= 11 is 0. The summed E-state index contributed by atoms with van der Waals surface area (Å²) in [6, 6.07) is 7.17. The van der Waals surface area contributed by atoms with Gasteiger partial charge in [0.2, 0.25) is 0 Å². The van der Waals surface area contributed by atoms with Gasteiger partial charge in [-0.2, -0.15) is 26.3 Å². The highest BCUT2D eigenvalue weighted by molar-refractivity contribution is 5.82. The molecule has 2 N–H and O–H groups in total. The van der Waals surface area contributed by atoms with E-state index in [4.69, 9.17) is 14.2 Å². The van der Waals surface area contributed by atoms with Gasteiger partial charge in [-0.3, -0.25) is 20.5 Å². The van der Waals surface area contributed by atoms with Gasteiger partial charge >= 0.3 is 12.4 Å². The van der Waals surface area contributed by atoms with Crippen molar-refractivity contribution in [2.45, 2.75) is 31.0 Å². The fraction of sp³-hybridized carbons (Fsp3) is 0.464. The van der Waals surface area contributed by atoms with Gasteiger partial charge in [-0.1, -0.05) is 0 Å². The van der Waals surface area contributed by atoms with E-state index in [2.05, 4.69) is 10.3 Å². The molecule has 3 unspecified atom stereocenters. The summed E-state index contributed by atoms with van der Waals surface area (Å²) in [7, 11) is 1.50. The van der Waals surface area contributed by atoms with Crippen molar-refractivity contribution in [2.24, 2.45) is 10.9 Å². The molecule has 1 saturated heterocycles. The third-order valence-corrected chi connectivity index (χ3v) is 7.48. The molecule has 0 bridgehead atoms. The number of hydrogen-bond acceptors (Lipinski definition) is 8. The monoisotopic (exact) mass is 600 g/mol. The molecular formula is C28H30F6N4O4. The minimum absolute atomic E-state index is 0.0894. The number of nitrogens with one attached hydrogen (secondary N) is 1. The van der Waals surface area contributed by atoms with Crippen molar-refractivity contribution in [1.82, 2.24) is 15.3 Å². The second kappa shape index (κ2) is 12.1. The highest BCUT2D eigenvalue weighted by atomic mass is 19.4. The normalized spacial score (nSPS) is 24.1. The Hall–Kier alpha value is -3.33. The van der Waals surface area contributed by atoms with E-state index >= 15 is 0 Å². The van der Waals surface area contributed by atoms with Crippen LogP contribution in [0.25, 0.3) is 5.70 Å². The molecule has 42 heavy (non-hydrogen) atoms. The van der Waals surface area contributed by atoms with Gasteiger partial charge in [0, 0.05) is 25.2 Å². The average molecular weight is 601 g/mol. The zero-order chi connectivity index (χ0) is 30.1. The zero-order valence-electron chi connectivity index (χ0n) is 22.6. The quantitative estimate of drug-likeness (QED) is 0.485. The third-order valence-electron chi connectivity index (χ3n) is 7.48. The van der Waals surface area contributed by atoms with Crippen molar-refractivity contribution in [3.63, 3.8) is 0 Å². The Kier molecular flexibility index (Phi) is 8.69. The molecular weight excluding hydrogens is 570 g/mol. The van der Waals surface area contributed by atoms with Crippen LogP contribution in [0, 0.1) is 5.92 Å². The smallest absolute Gasteiger partial charge is 0.416 e. The molecule has 5 rings (SSSR count). The van der Waals surface area contributed by atoms with Crippen LogP contribution in [0.1, 0.15) is 22.3 Å². The van der Waals surface area contributed by atoms with Gasteiger partial charge in [-0.25, -0.2) is 4.99 Å². The fourth-order valence-electron chi connectivity index (χ4n) is 5.31. The van der Waals surface area contributed by atoms with Gasteiger partial charge in [-0.15, -0.1) is 0 Å². The van der Waals surface area contributed by atoms with E-state index in [9.17, 15) is 31.5 Å². The second-order valence-corrected chi connectivity index (χ2v) is 10.2. The van der Waals surface area contributed by atoms with E-state index in [1.54, 1.807) is 30.3 Å². The first-order valence-electron chi connectivity index (χ1n) is 13.3. The number of halogens is 6. The largest absolute Gasteiger partial charge is 0.497 e. The first kappa shape index (κ1) is 30.1. The molecule has 3 heterocycles. The number of rotatable bonds is 5. The molecule has 0 spiro atoms. The number of methoxy groups -OCH3 is 1. The van der Waals surface area contributed by atoms with Gasteiger partial charge < -0.3 is 14.2 Å². The number of nitrogens with zero attached hydrogens (tertiary/aromatic N) is 3. The Labute approximate surface area is 238 Å². The van der Waals surface area contributed by atoms with E-state index in [-0.39, 0.29) is 42.9 Å². The van der Waals surface area contributed by atoms with Crippen LogP contribution in [0.5, 0.6) is 5.75 Å². The number of alkyl halides is 6. The second-order valence-electron chi connectivity index (χ2n) is 10.2. The van der Waals surface area contributed by atoms with Crippen molar-refractivity contribution in [2.75, 3.05) is 46.6 Å². The number of benzene rings is 2. The van der Waals surface area contributed by atoms with Crippen LogP contribution < -0.4 is 10.1 Å². The van der Waals surface area contributed by atoms with Crippen LogP contribution in [0.3, 0.4) is 0 Å². The van der Waals surface area contributed by atoms with Crippen molar-refractivity contribution >= 4 is 11.6 Å². The van der Waals surface area contributed by atoms with Gasteiger partial charge in [0.1, 0.15) is 5.75 Å². The predicted octanol–water partition coefficient (Wildman–Crippen LogP) is 4.64. The molecule has 1 fully saturated rings. The lowest BCUT2D eigenvalue weighted by Gasteiger charge is -2.42. The molecule has 0 amide bonds. The number of aliphatic imine (C=N–C) groups is 1. The number of morpholine rings is 1. The molecule has 14 heteroatoms. The van der Waals surface area contributed by atoms with Crippen molar-refractivity contribution < 1.29 is 45.8 Å².